The Bertz CT molecular complexity index is 388. The van der Waals surface area contributed by atoms with E-state index in [0.717, 1.165) is 37.7 Å². The number of carbonyl (C=O) groups excluding carboxylic acids is 1. The number of hydrogen-bond acceptors (Lipinski definition) is 3. The largest absolute Gasteiger partial charge is 0.573 e. The van der Waals surface area contributed by atoms with Crippen molar-refractivity contribution >= 4 is 6.47 Å². The van der Waals surface area contributed by atoms with Crippen LogP contribution in [-0.2, 0) is 16.0 Å². The van der Waals surface area contributed by atoms with Gasteiger partial charge in [-0.2, -0.15) is 0 Å². The highest BCUT2D eigenvalue weighted by Gasteiger charge is 2.30. The van der Waals surface area contributed by atoms with Crippen molar-refractivity contribution in [3.8, 4) is 5.75 Å². The van der Waals surface area contributed by atoms with Crippen LogP contribution in [0.25, 0.3) is 0 Å². The molecule has 0 saturated carbocycles. The number of alkyl halides is 3. The molecule has 111 valence electrons. The van der Waals surface area contributed by atoms with Crippen LogP contribution in [-0.4, -0.2) is 19.4 Å². The maximum atomic E-state index is 12.0. The Hall–Kier alpha value is -1.72. The summed E-state index contributed by atoms with van der Waals surface area (Å²) in [7, 11) is 0. The maximum Gasteiger partial charge on any atom is 0.573 e. The van der Waals surface area contributed by atoms with E-state index in [-0.39, 0.29) is 5.75 Å². The second-order valence-corrected chi connectivity index (χ2v) is 4.29. The first-order valence-corrected chi connectivity index (χ1v) is 6.35. The molecule has 0 atom stereocenters. The minimum Gasteiger partial charge on any atom is -0.457 e. The van der Waals surface area contributed by atoms with Crippen molar-refractivity contribution in [1.29, 1.82) is 0 Å². The summed E-state index contributed by atoms with van der Waals surface area (Å²) in [5, 5.41) is 0. The van der Waals surface area contributed by atoms with Crippen molar-refractivity contribution in [1.82, 2.24) is 0 Å². The van der Waals surface area contributed by atoms with Crippen LogP contribution in [0.4, 0.5) is 13.2 Å². The average Bonchev–Trinajstić information content (AvgIpc) is 2.38. The summed E-state index contributed by atoms with van der Waals surface area (Å²) in [6.45, 7) is 1.75. The molecule has 1 aromatic carbocycles. The van der Waals surface area contributed by atoms with E-state index in [4.69, 9.17) is 0 Å². The predicted octanol–water partition coefficient (Wildman–Crippen LogP) is 3.77. The summed E-state index contributed by atoms with van der Waals surface area (Å²) >= 11 is 0. The van der Waals surface area contributed by atoms with Crippen molar-refractivity contribution in [2.45, 2.75) is 38.5 Å². The number of unbranched alkanes of at least 4 members (excludes halogenated alkanes) is 3. The lowest BCUT2D eigenvalue weighted by Crippen LogP contribution is -2.17. The maximum absolute atomic E-state index is 12.0. The first-order valence-electron chi connectivity index (χ1n) is 6.35. The number of rotatable bonds is 9. The van der Waals surface area contributed by atoms with Gasteiger partial charge in [-0.25, -0.2) is 4.79 Å². The van der Waals surface area contributed by atoms with Crippen molar-refractivity contribution in [2.75, 3.05) is 6.61 Å². The van der Waals surface area contributed by atoms with E-state index in [0.29, 0.717) is 6.61 Å². The highest BCUT2D eigenvalue weighted by atomic mass is 19.4. The molecule has 0 saturated heterocycles. The number of hydrogen-bond donors (Lipinski definition) is 0. The van der Waals surface area contributed by atoms with Gasteiger partial charge < -0.3 is 9.47 Å². The number of benzene rings is 1. The molecule has 0 spiro atoms. The normalized spacial score (nSPS) is 11.2. The second-order valence-electron chi connectivity index (χ2n) is 4.29. The van der Waals surface area contributed by atoms with E-state index < -0.39 is 6.36 Å². The molecule has 3 nitrogen and oxygen atoms in total. The number of ether oxygens (including phenoxy) is 2. The first-order chi connectivity index (χ1) is 9.51. The van der Waals surface area contributed by atoms with Crippen LogP contribution >= 0.6 is 0 Å². The summed E-state index contributed by atoms with van der Waals surface area (Å²) < 4.78 is 44.1. The van der Waals surface area contributed by atoms with E-state index in [1.807, 2.05) is 0 Å². The third-order valence-electron chi connectivity index (χ3n) is 2.68. The van der Waals surface area contributed by atoms with E-state index in [1.54, 1.807) is 12.1 Å². The Balaban J connectivity index is 2.20. The van der Waals surface area contributed by atoms with Gasteiger partial charge in [0.1, 0.15) is 5.75 Å². The van der Waals surface area contributed by atoms with Gasteiger partial charge in [-0.3, -0.25) is 0 Å². The number of halogens is 3. The summed E-state index contributed by atoms with van der Waals surface area (Å²) in [4.78, 5) is 9.77. The van der Waals surface area contributed by atoms with Gasteiger partial charge >= 0.3 is 12.8 Å². The Labute approximate surface area is 115 Å². The molecule has 1 radical (unpaired) electrons. The summed E-state index contributed by atoms with van der Waals surface area (Å²) in [6.07, 6.45) is -0.201. The first kappa shape index (κ1) is 16.3. The Morgan fingerprint density at radius 3 is 2.25 bits per heavy atom. The van der Waals surface area contributed by atoms with Crippen LogP contribution in [0.15, 0.2) is 24.3 Å². The van der Waals surface area contributed by atoms with Gasteiger partial charge in [-0.15, -0.1) is 13.2 Å². The fraction of sp³-hybridized carbons (Fsp3) is 0.500. The lowest BCUT2D eigenvalue weighted by atomic mass is 10.1. The molecule has 20 heavy (non-hydrogen) atoms. The van der Waals surface area contributed by atoms with Crippen LogP contribution in [0.5, 0.6) is 5.75 Å². The zero-order chi connectivity index (χ0) is 14.8. The molecule has 0 heterocycles. The molecule has 0 aromatic heterocycles. The monoisotopic (exact) mass is 289 g/mol. The fourth-order valence-electron chi connectivity index (χ4n) is 1.76. The molecule has 0 bridgehead atoms. The van der Waals surface area contributed by atoms with Crippen LogP contribution in [0.3, 0.4) is 0 Å². The van der Waals surface area contributed by atoms with Gasteiger partial charge in [0.2, 0.25) is 0 Å². The topological polar surface area (TPSA) is 35.5 Å². The van der Waals surface area contributed by atoms with Crippen molar-refractivity contribution in [3.05, 3.63) is 29.8 Å². The fourth-order valence-corrected chi connectivity index (χ4v) is 1.76. The van der Waals surface area contributed by atoms with Gasteiger partial charge in [0.05, 0.1) is 6.61 Å². The van der Waals surface area contributed by atoms with Crippen LogP contribution in [0.1, 0.15) is 31.2 Å². The SMILES string of the molecule is O=[C]OCCCCCCc1ccc(OC(F)(F)F)cc1. The van der Waals surface area contributed by atoms with Gasteiger partial charge in [0, 0.05) is 0 Å². The molecule has 0 aliphatic rings. The summed E-state index contributed by atoms with van der Waals surface area (Å²) in [6, 6.07) is 5.89. The molecular weight excluding hydrogens is 273 g/mol. The second kappa shape index (κ2) is 8.45. The molecule has 0 unspecified atom stereocenters. The third kappa shape index (κ3) is 7.66. The molecule has 1 aromatic rings. The smallest absolute Gasteiger partial charge is 0.457 e. The zero-order valence-electron chi connectivity index (χ0n) is 10.9. The molecule has 1 rings (SSSR count). The van der Waals surface area contributed by atoms with Crippen LogP contribution in [0.2, 0.25) is 0 Å². The van der Waals surface area contributed by atoms with E-state index in [2.05, 4.69) is 9.47 Å². The molecule has 0 N–H and O–H groups in total. The third-order valence-corrected chi connectivity index (χ3v) is 2.68. The van der Waals surface area contributed by atoms with E-state index >= 15 is 0 Å². The molecule has 6 heteroatoms. The molecule has 0 fully saturated rings. The lowest BCUT2D eigenvalue weighted by Gasteiger charge is -2.09. The van der Waals surface area contributed by atoms with E-state index in [1.165, 1.54) is 18.6 Å². The van der Waals surface area contributed by atoms with Crippen LogP contribution < -0.4 is 4.74 Å². The summed E-state index contributed by atoms with van der Waals surface area (Å²) in [5.74, 6) is -0.205. The van der Waals surface area contributed by atoms with Gasteiger partial charge in [-0.1, -0.05) is 25.0 Å². The Kier molecular flexibility index (Phi) is 6.90. The minimum absolute atomic E-state index is 0.205. The quantitative estimate of drug-likeness (QED) is 0.649. The summed E-state index contributed by atoms with van der Waals surface area (Å²) in [5.41, 5.74) is 0.969. The van der Waals surface area contributed by atoms with Crippen molar-refractivity contribution in [2.24, 2.45) is 0 Å². The van der Waals surface area contributed by atoms with Gasteiger partial charge in [0.15, 0.2) is 0 Å². The molecule has 0 amide bonds. The van der Waals surface area contributed by atoms with Crippen molar-refractivity contribution in [3.63, 3.8) is 0 Å². The minimum atomic E-state index is -4.65. The van der Waals surface area contributed by atoms with Gasteiger partial charge in [-0.05, 0) is 37.0 Å². The van der Waals surface area contributed by atoms with Crippen LogP contribution in [0, 0.1) is 0 Å². The molecule has 0 aliphatic heterocycles. The standard InChI is InChI=1S/C14H16F3O3/c15-14(16,17)20-13-8-6-12(7-9-13)5-3-1-2-4-10-19-11-18/h6-9H,1-5,10H2. The Morgan fingerprint density at radius 2 is 1.65 bits per heavy atom. The Morgan fingerprint density at radius 1 is 1.00 bits per heavy atom. The highest BCUT2D eigenvalue weighted by molar-refractivity contribution is 5.37. The molecular formula is C14H16F3O3. The highest BCUT2D eigenvalue weighted by Crippen LogP contribution is 2.23. The van der Waals surface area contributed by atoms with Crippen molar-refractivity contribution < 1.29 is 27.4 Å². The predicted molar refractivity (Wildman–Crippen MR) is 66.9 cm³/mol. The lowest BCUT2D eigenvalue weighted by molar-refractivity contribution is -0.274. The van der Waals surface area contributed by atoms with Gasteiger partial charge in [0.25, 0.3) is 0 Å². The number of aryl methyl sites for hydroxylation is 1. The zero-order valence-corrected chi connectivity index (χ0v) is 10.9. The average molecular weight is 289 g/mol. The molecule has 0 aliphatic carbocycles. The van der Waals surface area contributed by atoms with E-state index in [9.17, 15) is 18.0 Å².